The molecular weight excluding hydrogens is 364 g/mol. The number of piperidine rings is 1. The lowest BCUT2D eigenvalue weighted by Gasteiger charge is -2.31. The standard InChI is InChI=1S/C23H30N4O2/c1-15-9-16(2)11-20(10-15)29-17(3)23(28)27-8-6-21-19(14-27)13-25-22(26-21)18-5-4-7-24-12-18/h9-11,13,17-18,24H,4-8,12,14H2,1-3H3/t17-,18-/m0/s1. The van der Waals surface area contributed by atoms with Crippen LogP contribution in [0.15, 0.2) is 24.4 Å². The van der Waals surface area contributed by atoms with E-state index in [2.05, 4.69) is 16.4 Å². The first kappa shape index (κ1) is 19.8. The van der Waals surface area contributed by atoms with Crippen molar-refractivity contribution < 1.29 is 9.53 Å². The van der Waals surface area contributed by atoms with Gasteiger partial charge in [0.05, 0.1) is 5.69 Å². The number of hydrogen-bond acceptors (Lipinski definition) is 5. The minimum absolute atomic E-state index is 0.00960. The van der Waals surface area contributed by atoms with E-state index in [4.69, 9.17) is 9.72 Å². The first-order chi connectivity index (χ1) is 14.0. The molecule has 2 aromatic rings. The molecule has 0 spiro atoms. The van der Waals surface area contributed by atoms with Crippen LogP contribution in [0.4, 0.5) is 0 Å². The molecule has 4 rings (SSSR count). The monoisotopic (exact) mass is 394 g/mol. The summed E-state index contributed by atoms with van der Waals surface area (Å²) in [6.07, 6.45) is 4.48. The van der Waals surface area contributed by atoms with Crippen molar-refractivity contribution >= 4 is 5.91 Å². The number of nitrogens with one attached hydrogen (secondary N) is 1. The van der Waals surface area contributed by atoms with Crippen LogP contribution in [0.3, 0.4) is 0 Å². The van der Waals surface area contributed by atoms with E-state index in [9.17, 15) is 4.79 Å². The van der Waals surface area contributed by atoms with Crippen molar-refractivity contribution in [3.05, 3.63) is 52.6 Å². The van der Waals surface area contributed by atoms with Gasteiger partial charge in [-0.25, -0.2) is 9.97 Å². The Labute approximate surface area is 172 Å². The Morgan fingerprint density at radius 3 is 2.79 bits per heavy atom. The van der Waals surface area contributed by atoms with Crippen molar-refractivity contribution in [3.8, 4) is 5.75 Å². The quantitative estimate of drug-likeness (QED) is 0.864. The fraction of sp³-hybridized carbons (Fsp3) is 0.522. The maximum absolute atomic E-state index is 12.9. The Hall–Kier alpha value is -2.47. The molecule has 1 amide bonds. The highest BCUT2D eigenvalue weighted by atomic mass is 16.5. The van der Waals surface area contributed by atoms with Crippen LogP contribution in [-0.4, -0.2) is 46.5 Å². The Kier molecular flexibility index (Phi) is 5.81. The van der Waals surface area contributed by atoms with E-state index in [1.807, 2.05) is 44.0 Å². The van der Waals surface area contributed by atoms with Gasteiger partial charge in [-0.05, 0) is 63.4 Å². The average molecular weight is 395 g/mol. The highest BCUT2D eigenvalue weighted by molar-refractivity contribution is 5.81. The molecule has 0 saturated carbocycles. The fourth-order valence-electron chi connectivity index (χ4n) is 4.30. The molecule has 1 saturated heterocycles. The highest BCUT2D eigenvalue weighted by Crippen LogP contribution is 2.24. The van der Waals surface area contributed by atoms with Crippen LogP contribution in [0.2, 0.25) is 0 Å². The molecular formula is C23H30N4O2. The van der Waals surface area contributed by atoms with Crippen molar-refractivity contribution in [2.75, 3.05) is 19.6 Å². The van der Waals surface area contributed by atoms with Crippen LogP contribution in [0.5, 0.6) is 5.75 Å². The average Bonchev–Trinajstić information content (AvgIpc) is 2.72. The lowest BCUT2D eigenvalue weighted by molar-refractivity contribution is -0.138. The van der Waals surface area contributed by atoms with E-state index in [-0.39, 0.29) is 5.91 Å². The van der Waals surface area contributed by atoms with Gasteiger partial charge in [0, 0.05) is 43.7 Å². The number of amides is 1. The molecule has 1 aromatic carbocycles. The summed E-state index contributed by atoms with van der Waals surface area (Å²) in [5, 5.41) is 3.43. The SMILES string of the molecule is Cc1cc(C)cc(O[C@@H](C)C(=O)N2CCc3nc([C@H]4CCCNC4)ncc3C2)c1. The van der Waals surface area contributed by atoms with Crippen LogP contribution in [-0.2, 0) is 17.8 Å². The van der Waals surface area contributed by atoms with Crippen molar-refractivity contribution in [2.24, 2.45) is 0 Å². The second-order valence-electron chi connectivity index (χ2n) is 8.34. The molecule has 6 nitrogen and oxygen atoms in total. The van der Waals surface area contributed by atoms with Gasteiger partial charge < -0.3 is 15.0 Å². The van der Waals surface area contributed by atoms with Gasteiger partial charge in [-0.1, -0.05) is 6.07 Å². The van der Waals surface area contributed by atoms with Gasteiger partial charge in [-0.3, -0.25) is 4.79 Å². The molecule has 29 heavy (non-hydrogen) atoms. The Morgan fingerprint density at radius 2 is 2.07 bits per heavy atom. The maximum atomic E-state index is 12.9. The molecule has 2 aliphatic rings. The van der Waals surface area contributed by atoms with Gasteiger partial charge in [0.1, 0.15) is 11.6 Å². The summed E-state index contributed by atoms with van der Waals surface area (Å²) in [6.45, 7) is 9.16. The van der Waals surface area contributed by atoms with Crippen molar-refractivity contribution in [2.45, 2.75) is 58.6 Å². The van der Waals surface area contributed by atoms with Gasteiger partial charge in [0.25, 0.3) is 5.91 Å². The number of nitrogens with zero attached hydrogens (tertiary/aromatic N) is 3. The van der Waals surface area contributed by atoms with Crippen LogP contribution >= 0.6 is 0 Å². The topological polar surface area (TPSA) is 67.3 Å². The van der Waals surface area contributed by atoms with E-state index in [1.54, 1.807) is 0 Å². The van der Waals surface area contributed by atoms with Gasteiger partial charge in [-0.15, -0.1) is 0 Å². The largest absolute Gasteiger partial charge is 0.481 e. The van der Waals surface area contributed by atoms with Crippen molar-refractivity contribution in [1.82, 2.24) is 20.2 Å². The van der Waals surface area contributed by atoms with Crippen LogP contribution in [0.1, 0.15) is 53.9 Å². The third kappa shape index (κ3) is 4.58. The van der Waals surface area contributed by atoms with E-state index >= 15 is 0 Å². The Balaban J connectivity index is 1.41. The summed E-state index contributed by atoms with van der Waals surface area (Å²) < 4.78 is 5.95. The molecule has 0 bridgehead atoms. The second-order valence-corrected chi connectivity index (χ2v) is 8.34. The maximum Gasteiger partial charge on any atom is 0.263 e. The number of carbonyl (C=O) groups excluding carboxylic acids is 1. The highest BCUT2D eigenvalue weighted by Gasteiger charge is 2.28. The lowest BCUT2D eigenvalue weighted by Crippen LogP contribution is -2.43. The number of rotatable bonds is 4. The first-order valence-electron chi connectivity index (χ1n) is 10.6. The first-order valence-corrected chi connectivity index (χ1v) is 10.6. The van der Waals surface area contributed by atoms with Crippen LogP contribution in [0.25, 0.3) is 0 Å². The molecule has 1 aromatic heterocycles. The Bertz CT molecular complexity index is 872. The molecule has 2 aliphatic heterocycles. The molecule has 6 heteroatoms. The van der Waals surface area contributed by atoms with E-state index in [0.717, 1.165) is 59.9 Å². The van der Waals surface area contributed by atoms with E-state index in [0.29, 0.717) is 19.0 Å². The predicted octanol–water partition coefficient (Wildman–Crippen LogP) is 2.91. The van der Waals surface area contributed by atoms with Crippen molar-refractivity contribution in [1.29, 1.82) is 0 Å². The molecule has 0 radical (unpaired) electrons. The number of benzene rings is 1. The number of carbonyl (C=O) groups is 1. The summed E-state index contributed by atoms with van der Waals surface area (Å²) in [6, 6.07) is 6.04. The number of aryl methyl sites for hydroxylation is 2. The van der Waals surface area contributed by atoms with E-state index < -0.39 is 6.10 Å². The van der Waals surface area contributed by atoms with E-state index in [1.165, 1.54) is 6.42 Å². The van der Waals surface area contributed by atoms with Gasteiger partial charge in [0.2, 0.25) is 0 Å². The van der Waals surface area contributed by atoms with Gasteiger partial charge in [0.15, 0.2) is 6.10 Å². The van der Waals surface area contributed by atoms with Crippen LogP contribution in [0, 0.1) is 13.8 Å². The zero-order valence-electron chi connectivity index (χ0n) is 17.6. The number of ether oxygens (including phenoxy) is 1. The second kappa shape index (κ2) is 8.49. The predicted molar refractivity (Wildman–Crippen MR) is 112 cm³/mol. The zero-order chi connectivity index (χ0) is 20.4. The van der Waals surface area contributed by atoms with Crippen LogP contribution < -0.4 is 10.1 Å². The summed E-state index contributed by atoms with van der Waals surface area (Å²) in [5.74, 6) is 2.10. The minimum Gasteiger partial charge on any atom is -0.481 e. The number of fused-ring (bicyclic) bond motifs is 1. The summed E-state index contributed by atoms with van der Waals surface area (Å²) in [4.78, 5) is 24.3. The molecule has 0 aliphatic carbocycles. The molecule has 1 N–H and O–H groups in total. The number of hydrogen-bond donors (Lipinski definition) is 1. The Morgan fingerprint density at radius 1 is 1.28 bits per heavy atom. The molecule has 1 fully saturated rings. The third-order valence-electron chi connectivity index (χ3n) is 5.78. The van der Waals surface area contributed by atoms with Gasteiger partial charge in [-0.2, -0.15) is 0 Å². The molecule has 2 atom stereocenters. The lowest BCUT2D eigenvalue weighted by atomic mass is 9.98. The summed E-state index contributed by atoms with van der Waals surface area (Å²) in [5.41, 5.74) is 4.41. The number of aromatic nitrogens is 2. The van der Waals surface area contributed by atoms with Crippen molar-refractivity contribution in [3.63, 3.8) is 0 Å². The minimum atomic E-state index is -0.522. The normalized spacial score (nSPS) is 20.1. The molecule has 154 valence electrons. The fourth-order valence-corrected chi connectivity index (χ4v) is 4.30. The third-order valence-corrected chi connectivity index (χ3v) is 5.78. The molecule has 3 heterocycles. The zero-order valence-corrected chi connectivity index (χ0v) is 17.6. The smallest absolute Gasteiger partial charge is 0.263 e. The summed E-state index contributed by atoms with van der Waals surface area (Å²) in [7, 11) is 0. The molecule has 0 unspecified atom stereocenters. The summed E-state index contributed by atoms with van der Waals surface area (Å²) >= 11 is 0. The van der Waals surface area contributed by atoms with Gasteiger partial charge >= 0.3 is 0 Å².